The molecule has 2 nitrogen and oxygen atoms in total. The molecule has 0 aliphatic carbocycles. The van der Waals surface area contributed by atoms with E-state index in [2.05, 4.69) is 24.3 Å². The van der Waals surface area contributed by atoms with Crippen molar-refractivity contribution in [2.24, 2.45) is 0 Å². The van der Waals surface area contributed by atoms with Gasteiger partial charge in [-0.25, -0.2) is 0 Å². The molecule has 0 aliphatic heterocycles. The zero-order valence-electron chi connectivity index (χ0n) is 9.60. The molecular weight excluding hydrogens is 210 g/mol. The number of anilines is 1. The Morgan fingerprint density at radius 2 is 1.59 bits per heavy atom. The van der Waals surface area contributed by atoms with E-state index in [1.165, 1.54) is 10.8 Å². The molecule has 0 radical (unpaired) electrons. The van der Waals surface area contributed by atoms with Crippen molar-refractivity contribution >= 4 is 27.2 Å². The summed E-state index contributed by atoms with van der Waals surface area (Å²) in [6.07, 6.45) is 0. The Bertz CT molecular complexity index is 704. The fourth-order valence-electron chi connectivity index (χ4n) is 2.20. The highest BCUT2D eigenvalue weighted by atomic mass is 16.5. The first-order valence-corrected chi connectivity index (χ1v) is 5.54. The molecule has 3 aromatic rings. The van der Waals surface area contributed by atoms with Gasteiger partial charge >= 0.3 is 0 Å². The summed E-state index contributed by atoms with van der Waals surface area (Å²) in [5, 5.41) is 4.61. The highest BCUT2D eigenvalue weighted by Crippen LogP contribution is 2.33. The molecule has 84 valence electrons. The van der Waals surface area contributed by atoms with Gasteiger partial charge < -0.3 is 10.5 Å². The maximum atomic E-state index is 6.10. The van der Waals surface area contributed by atoms with Crippen molar-refractivity contribution in [3.05, 3.63) is 48.5 Å². The number of ether oxygens (including phenoxy) is 1. The van der Waals surface area contributed by atoms with E-state index < -0.39 is 0 Å². The van der Waals surface area contributed by atoms with Crippen LogP contribution in [0.15, 0.2) is 48.5 Å². The topological polar surface area (TPSA) is 35.2 Å². The lowest BCUT2D eigenvalue weighted by atomic mass is 10.0. The zero-order chi connectivity index (χ0) is 11.8. The van der Waals surface area contributed by atoms with Gasteiger partial charge in [0.05, 0.1) is 12.8 Å². The van der Waals surface area contributed by atoms with E-state index >= 15 is 0 Å². The summed E-state index contributed by atoms with van der Waals surface area (Å²) in [6.45, 7) is 0. The second-order valence-electron chi connectivity index (χ2n) is 4.10. The van der Waals surface area contributed by atoms with Crippen molar-refractivity contribution in [1.82, 2.24) is 0 Å². The fourth-order valence-corrected chi connectivity index (χ4v) is 2.20. The number of rotatable bonds is 1. The molecule has 3 rings (SSSR count). The molecule has 0 saturated heterocycles. The predicted molar refractivity (Wildman–Crippen MR) is 72.4 cm³/mol. The van der Waals surface area contributed by atoms with Crippen LogP contribution in [-0.4, -0.2) is 7.11 Å². The average molecular weight is 223 g/mol. The SMILES string of the molecule is COc1ccc2cc3ccccc3cc2c1N. The van der Waals surface area contributed by atoms with Crippen LogP contribution in [-0.2, 0) is 0 Å². The van der Waals surface area contributed by atoms with Crippen molar-refractivity contribution in [3.8, 4) is 5.75 Å². The van der Waals surface area contributed by atoms with Crippen LogP contribution in [0.2, 0.25) is 0 Å². The van der Waals surface area contributed by atoms with Crippen LogP contribution in [0.5, 0.6) is 5.75 Å². The molecule has 0 aliphatic rings. The first kappa shape index (κ1) is 9.97. The molecular formula is C15H13NO. The Morgan fingerprint density at radius 3 is 2.29 bits per heavy atom. The molecule has 0 fully saturated rings. The minimum Gasteiger partial charge on any atom is -0.495 e. The third kappa shape index (κ3) is 1.49. The Balaban J connectivity index is 2.44. The first-order valence-electron chi connectivity index (χ1n) is 5.54. The summed E-state index contributed by atoms with van der Waals surface area (Å²) in [5.74, 6) is 0.729. The highest BCUT2D eigenvalue weighted by molar-refractivity contribution is 6.04. The molecule has 0 atom stereocenters. The minimum atomic E-state index is 0.704. The monoisotopic (exact) mass is 223 g/mol. The van der Waals surface area contributed by atoms with Gasteiger partial charge in [0.25, 0.3) is 0 Å². The Labute approximate surface area is 99.6 Å². The van der Waals surface area contributed by atoms with Gasteiger partial charge in [-0.2, -0.15) is 0 Å². The lowest BCUT2D eigenvalue weighted by Gasteiger charge is -2.09. The minimum absolute atomic E-state index is 0.704. The van der Waals surface area contributed by atoms with Gasteiger partial charge in [-0.3, -0.25) is 0 Å². The average Bonchev–Trinajstić information content (AvgIpc) is 2.37. The molecule has 2 heteroatoms. The van der Waals surface area contributed by atoms with E-state index in [0.717, 1.165) is 16.5 Å². The van der Waals surface area contributed by atoms with E-state index in [1.54, 1.807) is 7.11 Å². The molecule has 0 amide bonds. The van der Waals surface area contributed by atoms with Crippen LogP contribution < -0.4 is 10.5 Å². The van der Waals surface area contributed by atoms with E-state index in [-0.39, 0.29) is 0 Å². The maximum absolute atomic E-state index is 6.10. The van der Waals surface area contributed by atoms with E-state index in [9.17, 15) is 0 Å². The predicted octanol–water partition coefficient (Wildman–Crippen LogP) is 3.58. The van der Waals surface area contributed by atoms with E-state index in [4.69, 9.17) is 10.5 Å². The lowest BCUT2D eigenvalue weighted by molar-refractivity contribution is 0.417. The van der Waals surface area contributed by atoms with Crippen LogP contribution in [0.3, 0.4) is 0 Å². The third-order valence-corrected chi connectivity index (χ3v) is 3.11. The number of fused-ring (bicyclic) bond motifs is 2. The summed E-state index contributed by atoms with van der Waals surface area (Å²) in [7, 11) is 1.64. The Hall–Kier alpha value is -2.22. The van der Waals surface area contributed by atoms with Gasteiger partial charge in [0, 0.05) is 5.39 Å². The molecule has 0 heterocycles. The summed E-state index contributed by atoms with van der Waals surface area (Å²) >= 11 is 0. The van der Waals surface area contributed by atoms with E-state index in [1.807, 2.05) is 24.3 Å². The molecule has 0 bridgehead atoms. The zero-order valence-corrected chi connectivity index (χ0v) is 9.60. The van der Waals surface area contributed by atoms with Crippen LogP contribution >= 0.6 is 0 Å². The van der Waals surface area contributed by atoms with E-state index in [0.29, 0.717) is 5.69 Å². The molecule has 3 aromatic carbocycles. The quantitative estimate of drug-likeness (QED) is 0.505. The van der Waals surface area contributed by atoms with Crippen LogP contribution in [0.4, 0.5) is 5.69 Å². The van der Waals surface area contributed by atoms with Crippen LogP contribution in [0.1, 0.15) is 0 Å². The van der Waals surface area contributed by atoms with Crippen molar-refractivity contribution in [3.63, 3.8) is 0 Å². The molecule has 0 spiro atoms. The summed E-state index contributed by atoms with van der Waals surface area (Å²) in [4.78, 5) is 0. The van der Waals surface area contributed by atoms with Crippen molar-refractivity contribution in [2.45, 2.75) is 0 Å². The van der Waals surface area contributed by atoms with Crippen molar-refractivity contribution < 1.29 is 4.74 Å². The number of nitrogen functional groups attached to an aromatic ring is 1. The summed E-state index contributed by atoms with van der Waals surface area (Å²) < 4.78 is 5.24. The van der Waals surface area contributed by atoms with Gasteiger partial charge in [0.1, 0.15) is 5.75 Å². The third-order valence-electron chi connectivity index (χ3n) is 3.11. The van der Waals surface area contributed by atoms with Gasteiger partial charge in [0.2, 0.25) is 0 Å². The first-order chi connectivity index (χ1) is 8.29. The molecule has 0 unspecified atom stereocenters. The maximum Gasteiger partial charge on any atom is 0.142 e. The van der Waals surface area contributed by atoms with Crippen molar-refractivity contribution in [1.29, 1.82) is 0 Å². The number of hydrogen-bond acceptors (Lipinski definition) is 2. The van der Waals surface area contributed by atoms with Gasteiger partial charge in [0.15, 0.2) is 0 Å². The molecule has 0 saturated carbocycles. The number of hydrogen-bond donors (Lipinski definition) is 1. The van der Waals surface area contributed by atoms with Crippen LogP contribution in [0.25, 0.3) is 21.5 Å². The van der Waals surface area contributed by atoms with Gasteiger partial charge in [-0.15, -0.1) is 0 Å². The second kappa shape index (κ2) is 3.67. The fraction of sp³-hybridized carbons (Fsp3) is 0.0667. The normalized spacial score (nSPS) is 10.9. The molecule has 17 heavy (non-hydrogen) atoms. The highest BCUT2D eigenvalue weighted by Gasteiger charge is 2.05. The Morgan fingerprint density at radius 1 is 0.882 bits per heavy atom. The summed E-state index contributed by atoms with van der Waals surface area (Å²) in [6, 6.07) is 16.5. The standard InChI is InChI=1S/C15H13NO/c1-17-14-7-6-12-8-10-4-2-3-5-11(10)9-13(12)15(14)16/h2-9H,16H2,1H3. The van der Waals surface area contributed by atoms with Crippen LogP contribution in [0, 0.1) is 0 Å². The van der Waals surface area contributed by atoms with Crippen molar-refractivity contribution in [2.75, 3.05) is 12.8 Å². The molecule has 2 N–H and O–H groups in total. The largest absolute Gasteiger partial charge is 0.495 e. The lowest BCUT2D eigenvalue weighted by Crippen LogP contribution is -1.93. The van der Waals surface area contributed by atoms with Gasteiger partial charge in [-0.1, -0.05) is 30.3 Å². The summed E-state index contributed by atoms with van der Waals surface area (Å²) in [5.41, 5.74) is 6.80. The molecule has 0 aromatic heterocycles. The smallest absolute Gasteiger partial charge is 0.142 e. The Kier molecular flexibility index (Phi) is 2.15. The second-order valence-corrected chi connectivity index (χ2v) is 4.10. The number of benzene rings is 3. The number of nitrogens with two attached hydrogens (primary N) is 1. The number of methoxy groups -OCH3 is 1. The van der Waals surface area contributed by atoms with Gasteiger partial charge in [-0.05, 0) is 34.4 Å².